The molecule has 0 amide bonds. The van der Waals surface area contributed by atoms with E-state index in [1.807, 2.05) is 4.90 Å². The zero-order valence-corrected chi connectivity index (χ0v) is 14.1. The first-order valence-corrected chi connectivity index (χ1v) is 8.58. The SMILES string of the molecule is Cc1ccccc1CCc1ccc(N2C[C@@H](F)C[C@H]2CC#N)cc1. The predicted molar refractivity (Wildman–Crippen MR) is 95.9 cm³/mol. The van der Waals surface area contributed by atoms with Gasteiger partial charge in [-0.2, -0.15) is 5.26 Å². The third-order valence-corrected chi connectivity index (χ3v) is 4.90. The van der Waals surface area contributed by atoms with Crippen molar-refractivity contribution in [2.45, 2.75) is 44.8 Å². The van der Waals surface area contributed by atoms with Crippen LogP contribution in [0.4, 0.5) is 10.1 Å². The van der Waals surface area contributed by atoms with E-state index < -0.39 is 6.17 Å². The summed E-state index contributed by atoms with van der Waals surface area (Å²) in [5.41, 5.74) is 5.03. The molecule has 2 atom stereocenters. The molecule has 0 saturated carbocycles. The van der Waals surface area contributed by atoms with Crippen molar-refractivity contribution < 1.29 is 4.39 Å². The summed E-state index contributed by atoms with van der Waals surface area (Å²) >= 11 is 0. The number of halogens is 1. The number of hydrogen-bond acceptors (Lipinski definition) is 2. The van der Waals surface area contributed by atoms with Crippen molar-refractivity contribution in [3.05, 3.63) is 65.2 Å². The van der Waals surface area contributed by atoms with E-state index in [2.05, 4.69) is 61.5 Å². The van der Waals surface area contributed by atoms with E-state index >= 15 is 0 Å². The lowest BCUT2D eigenvalue weighted by molar-refractivity contribution is 0.356. The number of benzene rings is 2. The summed E-state index contributed by atoms with van der Waals surface area (Å²) in [7, 11) is 0. The summed E-state index contributed by atoms with van der Waals surface area (Å²) in [4.78, 5) is 2.04. The average molecular weight is 322 g/mol. The first kappa shape index (κ1) is 16.5. The smallest absolute Gasteiger partial charge is 0.120 e. The maximum Gasteiger partial charge on any atom is 0.120 e. The minimum Gasteiger partial charge on any atom is -0.364 e. The van der Waals surface area contributed by atoms with Gasteiger partial charge in [-0.15, -0.1) is 0 Å². The van der Waals surface area contributed by atoms with E-state index in [9.17, 15) is 4.39 Å². The second-order valence-corrected chi connectivity index (χ2v) is 6.59. The number of rotatable bonds is 5. The van der Waals surface area contributed by atoms with Crippen LogP contribution in [0.25, 0.3) is 0 Å². The minimum absolute atomic E-state index is 0.00261. The lowest BCUT2D eigenvalue weighted by atomic mass is 10.0. The number of nitriles is 1. The molecule has 2 aromatic rings. The topological polar surface area (TPSA) is 27.0 Å². The molecule has 1 heterocycles. The van der Waals surface area contributed by atoms with E-state index in [-0.39, 0.29) is 6.04 Å². The largest absolute Gasteiger partial charge is 0.364 e. The highest BCUT2D eigenvalue weighted by molar-refractivity contribution is 5.50. The van der Waals surface area contributed by atoms with Crippen LogP contribution >= 0.6 is 0 Å². The summed E-state index contributed by atoms with van der Waals surface area (Å²) < 4.78 is 13.7. The Hall–Kier alpha value is -2.34. The molecule has 24 heavy (non-hydrogen) atoms. The van der Waals surface area contributed by atoms with E-state index in [4.69, 9.17) is 5.26 Å². The fourth-order valence-electron chi connectivity index (χ4n) is 3.50. The molecule has 0 radical (unpaired) electrons. The Morgan fingerprint density at radius 1 is 1.12 bits per heavy atom. The Labute approximate surface area is 143 Å². The second-order valence-electron chi connectivity index (χ2n) is 6.59. The fraction of sp³-hybridized carbons (Fsp3) is 0.381. The maximum atomic E-state index is 13.7. The van der Waals surface area contributed by atoms with Crippen molar-refractivity contribution in [1.29, 1.82) is 5.26 Å². The Balaban J connectivity index is 1.65. The minimum atomic E-state index is -0.830. The fourth-order valence-corrected chi connectivity index (χ4v) is 3.50. The van der Waals surface area contributed by atoms with Gasteiger partial charge in [-0.05, 0) is 48.6 Å². The van der Waals surface area contributed by atoms with Crippen molar-refractivity contribution in [3.63, 3.8) is 0 Å². The molecule has 3 rings (SSSR count). The summed E-state index contributed by atoms with van der Waals surface area (Å²) in [5, 5.41) is 8.92. The van der Waals surface area contributed by atoms with Gasteiger partial charge < -0.3 is 4.90 Å². The van der Waals surface area contributed by atoms with Gasteiger partial charge in [-0.25, -0.2) is 4.39 Å². The molecule has 124 valence electrons. The van der Waals surface area contributed by atoms with Gasteiger partial charge in [-0.3, -0.25) is 0 Å². The van der Waals surface area contributed by atoms with Crippen LogP contribution in [0.1, 0.15) is 29.5 Å². The van der Waals surface area contributed by atoms with E-state index in [1.54, 1.807) is 0 Å². The molecule has 2 nitrogen and oxygen atoms in total. The van der Waals surface area contributed by atoms with Gasteiger partial charge in [0.05, 0.1) is 12.5 Å². The van der Waals surface area contributed by atoms with Gasteiger partial charge >= 0.3 is 0 Å². The molecule has 0 bridgehead atoms. The van der Waals surface area contributed by atoms with Crippen LogP contribution in [0.3, 0.4) is 0 Å². The van der Waals surface area contributed by atoms with E-state index in [0.717, 1.165) is 18.5 Å². The highest BCUT2D eigenvalue weighted by Crippen LogP contribution is 2.29. The monoisotopic (exact) mass is 322 g/mol. The van der Waals surface area contributed by atoms with Crippen molar-refractivity contribution in [2.75, 3.05) is 11.4 Å². The average Bonchev–Trinajstić information content (AvgIpc) is 2.95. The molecule has 1 fully saturated rings. The van der Waals surface area contributed by atoms with Gasteiger partial charge in [0.2, 0.25) is 0 Å². The van der Waals surface area contributed by atoms with Crippen molar-refractivity contribution in [2.24, 2.45) is 0 Å². The van der Waals surface area contributed by atoms with Crippen LogP contribution in [0.5, 0.6) is 0 Å². The highest BCUT2D eigenvalue weighted by Gasteiger charge is 2.31. The summed E-state index contributed by atoms with van der Waals surface area (Å²) in [6, 6.07) is 19.0. The number of aryl methyl sites for hydroxylation is 3. The molecule has 0 aliphatic carbocycles. The van der Waals surface area contributed by atoms with Crippen LogP contribution in [0.15, 0.2) is 48.5 Å². The van der Waals surface area contributed by atoms with Crippen molar-refractivity contribution >= 4 is 5.69 Å². The summed E-state index contributed by atoms with van der Waals surface area (Å²) in [6.45, 7) is 2.55. The van der Waals surface area contributed by atoms with Gasteiger partial charge in [-0.1, -0.05) is 36.4 Å². The number of alkyl halides is 1. The van der Waals surface area contributed by atoms with Gasteiger partial charge in [0.25, 0.3) is 0 Å². The zero-order chi connectivity index (χ0) is 16.9. The van der Waals surface area contributed by atoms with Crippen molar-refractivity contribution in [3.8, 4) is 6.07 Å². The lowest BCUT2D eigenvalue weighted by Gasteiger charge is -2.24. The number of anilines is 1. The normalized spacial score (nSPS) is 20.1. The van der Waals surface area contributed by atoms with Crippen LogP contribution < -0.4 is 4.90 Å². The Morgan fingerprint density at radius 3 is 2.58 bits per heavy atom. The third kappa shape index (κ3) is 3.76. The van der Waals surface area contributed by atoms with Gasteiger partial charge in [0, 0.05) is 24.7 Å². The van der Waals surface area contributed by atoms with E-state index in [1.165, 1.54) is 16.7 Å². The van der Waals surface area contributed by atoms with Crippen molar-refractivity contribution in [1.82, 2.24) is 0 Å². The molecule has 1 aliphatic rings. The molecule has 0 unspecified atom stereocenters. The highest BCUT2D eigenvalue weighted by atomic mass is 19.1. The zero-order valence-electron chi connectivity index (χ0n) is 14.1. The molecule has 0 N–H and O–H groups in total. The molecule has 3 heteroatoms. The third-order valence-electron chi connectivity index (χ3n) is 4.90. The molecular weight excluding hydrogens is 299 g/mol. The standard InChI is InChI=1S/C21H23FN2/c1-16-4-2-3-5-18(16)9-6-17-7-10-20(11-8-17)24-15-19(22)14-21(24)12-13-23/h2-5,7-8,10-11,19,21H,6,9,12,14-15H2,1H3/t19-,21+/m0/s1. The molecule has 2 aromatic carbocycles. The molecule has 1 saturated heterocycles. The van der Waals surface area contributed by atoms with Gasteiger partial charge in [0.1, 0.15) is 6.17 Å². The summed E-state index contributed by atoms with van der Waals surface area (Å²) in [5.74, 6) is 0. The Kier molecular flexibility index (Phi) is 5.15. The first-order valence-electron chi connectivity index (χ1n) is 8.58. The number of nitrogens with zero attached hydrogens (tertiary/aromatic N) is 2. The molecule has 1 aliphatic heterocycles. The van der Waals surface area contributed by atoms with Gasteiger partial charge in [0.15, 0.2) is 0 Å². The summed E-state index contributed by atoms with van der Waals surface area (Å²) in [6.07, 6.45) is 2.04. The Bertz CT molecular complexity index is 717. The molecular formula is C21H23FN2. The van der Waals surface area contributed by atoms with Crippen LogP contribution in [0, 0.1) is 18.3 Å². The first-order chi connectivity index (χ1) is 11.7. The van der Waals surface area contributed by atoms with Crippen LogP contribution in [-0.4, -0.2) is 18.8 Å². The van der Waals surface area contributed by atoms with E-state index in [0.29, 0.717) is 19.4 Å². The molecule has 0 spiro atoms. The van der Waals surface area contributed by atoms with Crippen LogP contribution in [0.2, 0.25) is 0 Å². The predicted octanol–water partition coefficient (Wildman–Crippen LogP) is 4.61. The number of hydrogen-bond donors (Lipinski definition) is 0. The lowest BCUT2D eigenvalue weighted by Crippen LogP contribution is -2.29. The molecule has 0 aromatic heterocycles. The maximum absolute atomic E-state index is 13.7. The quantitative estimate of drug-likeness (QED) is 0.804. The Morgan fingerprint density at radius 2 is 1.88 bits per heavy atom. The van der Waals surface area contributed by atoms with Crippen LogP contribution in [-0.2, 0) is 12.8 Å². The second kappa shape index (κ2) is 7.49.